The summed E-state index contributed by atoms with van der Waals surface area (Å²) in [6.45, 7) is -0.348. The van der Waals surface area contributed by atoms with Gasteiger partial charge in [0.05, 0.1) is 6.54 Å². The number of carbonyl (C=O) groups is 2. The zero-order valence-electron chi connectivity index (χ0n) is 17.6. The van der Waals surface area contributed by atoms with Crippen molar-refractivity contribution in [2.24, 2.45) is 0 Å². The smallest absolute Gasteiger partial charge is 0.376 e. The molecule has 3 aromatic carbocycles. The molecule has 0 heterocycles. The number of rotatable bonds is 7. The molecule has 0 saturated carbocycles. The van der Waals surface area contributed by atoms with Crippen LogP contribution in [0.1, 0.15) is 15.9 Å². The molecular formula is C24H21F4N3O2. The molecule has 0 aliphatic carbocycles. The van der Waals surface area contributed by atoms with Crippen molar-refractivity contribution >= 4 is 23.2 Å². The lowest BCUT2D eigenvalue weighted by atomic mass is 10.1. The van der Waals surface area contributed by atoms with Crippen LogP contribution in [0.5, 0.6) is 0 Å². The van der Waals surface area contributed by atoms with E-state index >= 15 is 0 Å². The molecule has 3 N–H and O–H groups in total. The van der Waals surface area contributed by atoms with Gasteiger partial charge >= 0.3 is 6.18 Å². The van der Waals surface area contributed by atoms with Crippen molar-refractivity contribution in [2.45, 2.75) is 13.1 Å². The first-order valence-corrected chi connectivity index (χ1v) is 9.97. The summed E-state index contributed by atoms with van der Waals surface area (Å²) in [5, 5.41) is 7.11. The Morgan fingerprint density at radius 1 is 0.909 bits per heavy atom. The van der Waals surface area contributed by atoms with Gasteiger partial charge in [-0.3, -0.25) is 9.59 Å². The van der Waals surface area contributed by atoms with Crippen molar-refractivity contribution in [1.82, 2.24) is 5.32 Å². The van der Waals surface area contributed by atoms with Gasteiger partial charge in [-0.05, 0) is 42.3 Å². The Bertz CT molecular complexity index is 1130. The fourth-order valence-corrected chi connectivity index (χ4v) is 3.03. The lowest BCUT2D eigenvalue weighted by Gasteiger charge is -2.14. The Morgan fingerprint density at radius 2 is 1.55 bits per heavy atom. The van der Waals surface area contributed by atoms with Crippen LogP contribution in [0.25, 0.3) is 11.1 Å². The van der Waals surface area contributed by atoms with Crippen LogP contribution in [-0.2, 0) is 4.79 Å². The number of hydrogen-bond acceptors (Lipinski definition) is 3. The van der Waals surface area contributed by atoms with Crippen LogP contribution in [0.4, 0.5) is 28.9 Å². The van der Waals surface area contributed by atoms with Gasteiger partial charge in [-0.15, -0.1) is 0 Å². The van der Waals surface area contributed by atoms with Crippen LogP contribution >= 0.6 is 0 Å². The lowest BCUT2D eigenvalue weighted by Crippen LogP contribution is -2.33. The van der Waals surface area contributed by atoms with Gasteiger partial charge in [0.15, 0.2) is 0 Å². The van der Waals surface area contributed by atoms with Gasteiger partial charge in [0.1, 0.15) is 12.4 Å². The van der Waals surface area contributed by atoms with E-state index in [-0.39, 0.29) is 23.4 Å². The molecule has 0 unspecified atom stereocenters. The fraction of sp³-hybridized carbons (Fsp3) is 0.167. The largest absolute Gasteiger partial charge is 0.405 e. The zero-order valence-corrected chi connectivity index (χ0v) is 17.6. The first-order valence-electron chi connectivity index (χ1n) is 9.97. The molecule has 5 nitrogen and oxygen atoms in total. The predicted molar refractivity (Wildman–Crippen MR) is 119 cm³/mol. The molecular weight excluding hydrogens is 438 g/mol. The minimum absolute atomic E-state index is 0.127. The molecule has 2 amide bonds. The highest BCUT2D eigenvalue weighted by atomic mass is 19.4. The fourth-order valence-electron chi connectivity index (χ4n) is 3.03. The van der Waals surface area contributed by atoms with E-state index in [0.717, 1.165) is 17.2 Å². The van der Waals surface area contributed by atoms with Crippen molar-refractivity contribution in [2.75, 3.05) is 23.7 Å². The predicted octanol–water partition coefficient (Wildman–Crippen LogP) is 5.14. The van der Waals surface area contributed by atoms with Crippen molar-refractivity contribution < 1.29 is 27.2 Å². The minimum Gasteiger partial charge on any atom is -0.376 e. The third-order valence-corrected chi connectivity index (χ3v) is 4.77. The maximum absolute atomic E-state index is 14.2. The Morgan fingerprint density at radius 3 is 2.18 bits per heavy atom. The van der Waals surface area contributed by atoms with Crippen molar-refractivity contribution in [1.29, 1.82) is 0 Å². The molecule has 0 spiro atoms. The van der Waals surface area contributed by atoms with Crippen LogP contribution in [-0.4, -0.2) is 31.1 Å². The number of alkyl halides is 3. The molecule has 172 valence electrons. The van der Waals surface area contributed by atoms with Gasteiger partial charge < -0.3 is 16.0 Å². The summed E-state index contributed by atoms with van der Waals surface area (Å²) >= 11 is 0. The van der Waals surface area contributed by atoms with Crippen LogP contribution in [0, 0.1) is 12.7 Å². The van der Waals surface area contributed by atoms with Crippen molar-refractivity contribution in [3.8, 4) is 11.1 Å². The summed E-state index contributed by atoms with van der Waals surface area (Å²) in [6.07, 6.45) is -4.59. The second-order valence-corrected chi connectivity index (χ2v) is 7.27. The topological polar surface area (TPSA) is 70.2 Å². The standard InChI is InChI=1S/C24H21F4N3O2/c1-15-20(25)11-18(23(33)30-14-24(26,27)28)12-21(15)29-13-22(32)31-19-9-7-17(8-10-19)16-5-3-2-4-6-16/h2-12,29H,13-14H2,1H3,(H,30,33)(H,31,32). The average molecular weight is 459 g/mol. The average Bonchev–Trinajstić information content (AvgIpc) is 2.79. The van der Waals surface area contributed by atoms with E-state index in [1.807, 2.05) is 42.5 Å². The quantitative estimate of drug-likeness (QED) is 0.429. The van der Waals surface area contributed by atoms with E-state index in [0.29, 0.717) is 5.69 Å². The van der Waals surface area contributed by atoms with Crippen LogP contribution in [0.15, 0.2) is 66.7 Å². The first kappa shape index (κ1) is 23.8. The zero-order chi connectivity index (χ0) is 24.0. The number of carbonyl (C=O) groups excluding carboxylic acids is 2. The molecule has 0 saturated heterocycles. The molecule has 0 aliphatic rings. The molecule has 0 aliphatic heterocycles. The van der Waals surface area contributed by atoms with Gasteiger partial charge in [-0.2, -0.15) is 13.2 Å². The van der Waals surface area contributed by atoms with Crippen LogP contribution < -0.4 is 16.0 Å². The highest BCUT2D eigenvalue weighted by Gasteiger charge is 2.28. The van der Waals surface area contributed by atoms with Crippen molar-refractivity contribution in [3.63, 3.8) is 0 Å². The minimum atomic E-state index is -4.59. The van der Waals surface area contributed by atoms with E-state index in [4.69, 9.17) is 0 Å². The molecule has 3 rings (SSSR count). The third kappa shape index (κ3) is 6.80. The van der Waals surface area contributed by atoms with Gasteiger partial charge in [0.2, 0.25) is 5.91 Å². The number of amides is 2. The normalized spacial score (nSPS) is 11.1. The first-order chi connectivity index (χ1) is 15.6. The van der Waals surface area contributed by atoms with E-state index in [2.05, 4.69) is 10.6 Å². The Hall–Kier alpha value is -3.88. The molecule has 0 aromatic heterocycles. The molecule has 9 heteroatoms. The number of halogens is 4. The third-order valence-electron chi connectivity index (χ3n) is 4.77. The molecule has 33 heavy (non-hydrogen) atoms. The lowest BCUT2D eigenvalue weighted by molar-refractivity contribution is -0.123. The maximum Gasteiger partial charge on any atom is 0.405 e. The SMILES string of the molecule is Cc1c(F)cc(C(=O)NCC(F)(F)F)cc1NCC(=O)Nc1ccc(-c2ccccc2)cc1. The summed E-state index contributed by atoms with van der Waals surface area (Å²) in [5.74, 6) is -2.28. The second-order valence-electron chi connectivity index (χ2n) is 7.27. The highest BCUT2D eigenvalue weighted by Crippen LogP contribution is 2.23. The maximum atomic E-state index is 14.2. The number of benzene rings is 3. The Kier molecular flexibility index (Phi) is 7.32. The van der Waals surface area contributed by atoms with Gasteiger partial charge in [0.25, 0.3) is 5.91 Å². The van der Waals surface area contributed by atoms with E-state index < -0.39 is 30.4 Å². The Labute approximate surface area is 187 Å². The number of nitrogens with one attached hydrogen (secondary N) is 3. The van der Waals surface area contributed by atoms with E-state index in [9.17, 15) is 27.2 Å². The Balaban J connectivity index is 1.61. The number of hydrogen-bond donors (Lipinski definition) is 3. The van der Waals surface area contributed by atoms with E-state index in [1.54, 1.807) is 17.4 Å². The molecule has 0 radical (unpaired) electrons. The van der Waals surface area contributed by atoms with E-state index in [1.165, 1.54) is 13.0 Å². The number of anilines is 2. The van der Waals surface area contributed by atoms with Crippen LogP contribution in [0.3, 0.4) is 0 Å². The molecule has 0 atom stereocenters. The summed E-state index contributed by atoms with van der Waals surface area (Å²) in [6, 6.07) is 19.0. The van der Waals surface area contributed by atoms with Gasteiger partial charge in [-0.25, -0.2) is 4.39 Å². The summed E-state index contributed by atoms with van der Waals surface area (Å²) < 4.78 is 51.1. The molecule has 0 fully saturated rings. The van der Waals surface area contributed by atoms with Gasteiger partial charge in [0, 0.05) is 22.5 Å². The molecule has 3 aromatic rings. The molecule has 0 bridgehead atoms. The van der Waals surface area contributed by atoms with Crippen molar-refractivity contribution in [3.05, 3.63) is 83.7 Å². The van der Waals surface area contributed by atoms with Crippen LogP contribution in [0.2, 0.25) is 0 Å². The van der Waals surface area contributed by atoms with Gasteiger partial charge in [-0.1, -0.05) is 42.5 Å². The summed E-state index contributed by atoms with van der Waals surface area (Å²) in [5.41, 5.74) is 2.54. The summed E-state index contributed by atoms with van der Waals surface area (Å²) in [4.78, 5) is 24.2. The second kappa shape index (κ2) is 10.2. The highest BCUT2D eigenvalue weighted by molar-refractivity contribution is 5.96. The summed E-state index contributed by atoms with van der Waals surface area (Å²) in [7, 11) is 0. The monoisotopic (exact) mass is 459 g/mol.